The summed E-state index contributed by atoms with van der Waals surface area (Å²) in [4.78, 5) is 28.5. The Labute approximate surface area is 198 Å². The second kappa shape index (κ2) is 9.29. The van der Waals surface area contributed by atoms with E-state index >= 15 is 0 Å². The number of carbonyl (C=O) groups excluding carboxylic acids is 1. The molecule has 5 rings (SSSR count). The summed E-state index contributed by atoms with van der Waals surface area (Å²) < 4.78 is 0. The number of anilines is 1. The lowest BCUT2D eigenvalue weighted by molar-refractivity contribution is 0.0784. The lowest BCUT2D eigenvalue weighted by atomic mass is 9.92. The molecule has 0 spiro atoms. The van der Waals surface area contributed by atoms with Crippen LogP contribution in [0.3, 0.4) is 0 Å². The van der Waals surface area contributed by atoms with Crippen molar-refractivity contribution in [1.29, 1.82) is 0 Å². The summed E-state index contributed by atoms with van der Waals surface area (Å²) in [5.74, 6) is -0.0334. The maximum Gasteiger partial charge on any atom is 0.185 e. The molecule has 1 saturated heterocycles. The van der Waals surface area contributed by atoms with Gasteiger partial charge in [-0.1, -0.05) is 31.2 Å². The van der Waals surface area contributed by atoms with E-state index in [2.05, 4.69) is 19.9 Å². The fraction of sp³-hybridized carbons (Fsp3) is 0.259. The Hall–Kier alpha value is -3.68. The lowest BCUT2D eigenvalue weighted by Crippen LogP contribution is -2.55. The molecular weight excluding hydrogens is 426 g/mol. The molecule has 3 aromatic heterocycles. The van der Waals surface area contributed by atoms with Crippen molar-refractivity contribution in [2.24, 2.45) is 11.7 Å². The molecule has 1 fully saturated rings. The Morgan fingerprint density at radius 1 is 1.06 bits per heavy atom. The Morgan fingerprint density at radius 3 is 2.68 bits per heavy atom. The van der Waals surface area contributed by atoms with E-state index in [0.717, 1.165) is 33.3 Å². The van der Waals surface area contributed by atoms with Gasteiger partial charge in [-0.3, -0.25) is 14.8 Å². The van der Waals surface area contributed by atoms with Gasteiger partial charge in [0.05, 0.1) is 11.6 Å². The summed E-state index contributed by atoms with van der Waals surface area (Å²) in [7, 11) is 0. The highest BCUT2D eigenvalue weighted by molar-refractivity contribution is 5.98. The number of benzene rings is 1. The molecule has 7 nitrogen and oxygen atoms in total. The van der Waals surface area contributed by atoms with Gasteiger partial charge in [0.2, 0.25) is 0 Å². The topological polar surface area (TPSA) is 105 Å². The Balaban J connectivity index is 1.41. The number of fused-ring (bicyclic) bond motifs is 1. The number of nitrogens with two attached hydrogens (primary N) is 1. The zero-order valence-corrected chi connectivity index (χ0v) is 19.0. The predicted octanol–water partition coefficient (Wildman–Crippen LogP) is 3.26. The number of aliphatic hydroxyl groups is 1. The zero-order chi connectivity index (χ0) is 23.7. The molecule has 1 aromatic carbocycles. The highest BCUT2D eigenvalue weighted by Gasteiger charge is 2.31. The van der Waals surface area contributed by atoms with Gasteiger partial charge in [0, 0.05) is 78.5 Å². The normalized spacial score (nSPS) is 20.4. The van der Waals surface area contributed by atoms with Crippen molar-refractivity contribution < 1.29 is 9.90 Å². The van der Waals surface area contributed by atoms with E-state index in [4.69, 9.17) is 5.73 Å². The third kappa shape index (κ3) is 4.40. The molecule has 0 amide bonds. The predicted molar refractivity (Wildman–Crippen MR) is 133 cm³/mol. The summed E-state index contributed by atoms with van der Waals surface area (Å²) >= 11 is 0. The molecule has 0 unspecified atom stereocenters. The first-order valence-corrected chi connectivity index (χ1v) is 11.5. The van der Waals surface area contributed by atoms with Crippen LogP contribution in [0.1, 0.15) is 23.0 Å². The van der Waals surface area contributed by atoms with Gasteiger partial charge in [-0.05, 0) is 29.8 Å². The number of piperidine rings is 1. The summed E-state index contributed by atoms with van der Waals surface area (Å²) in [6.07, 6.45) is 6.67. The molecule has 4 aromatic rings. The van der Waals surface area contributed by atoms with Crippen molar-refractivity contribution in [2.75, 3.05) is 18.0 Å². The first-order valence-electron chi connectivity index (χ1n) is 11.5. The van der Waals surface area contributed by atoms with Crippen LogP contribution in [0.25, 0.3) is 22.0 Å². The Kier molecular flexibility index (Phi) is 6.04. The van der Waals surface area contributed by atoms with E-state index in [-0.39, 0.29) is 24.2 Å². The average molecular weight is 454 g/mol. The maximum absolute atomic E-state index is 13.2. The standard InChI is InChI=1S/C27H27N5O2/c1-17-15-32(16-22(28)27(17)34)25-8-10-30-14-21(25)12-26(33)23-7-6-18-4-5-19(11-24(18)31-23)20-3-2-9-29-13-20/h2-11,13-14,17,22,27,34H,12,15-16,28H2,1H3/t17-,22+,27+/m0/s1. The van der Waals surface area contributed by atoms with E-state index in [9.17, 15) is 9.90 Å². The summed E-state index contributed by atoms with van der Waals surface area (Å²) in [6, 6.07) is 15.2. The summed E-state index contributed by atoms with van der Waals surface area (Å²) in [5.41, 5.74) is 11.1. The number of nitrogens with zero attached hydrogens (tertiary/aromatic N) is 4. The van der Waals surface area contributed by atoms with E-state index in [1.807, 2.05) is 55.6 Å². The zero-order valence-electron chi connectivity index (χ0n) is 19.0. The minimum atomic E-state index is -0.526. The lowest BCUT2D eigenvalue weighted by Gasteiger charge is -2.40. The van der Waals surface area contributed by atoms with Crippen molar-refractivity contribution in [3.63, 3.8) is 0 Å². The SMILES string of the molecule is C[C@H]1CN(c2ccncc2CC(=O)c2ccc3ccc(-c4cccnc4)cc3n2)C[C@@H](N)[C@@H]1O. The molecule has 1 aliphatic heterocycles. The van der Waals surface area contributed by atoms with Gasteiger partial charge in [0.25, 0.3) is 0 Å². The fourth-order valence-electron chi connectivity index (χ4n) is 4.62. The van der Waals surface area contributed by atoms with Crippen molar-refractivity contribution >= 4 is 22.4 Å². The molecule has 3 atom stereocenters. The second-order valence-corrected chi connectivity index (χ2v) is 8.99. The van der Waals surface area contributed by atoms with Gasteiger partial charge in [0.15, 0.2) is 5.78 Å². The van der Waals surface area contributed by atoms with Crippen LogP contribution in [0.5, 0.6) is 0 Å². The number of aromatic nitrogens is 3. The minimum Gasteiger partial charge on any atom is -0.391 e. The molecule has 34 heavy (non-hydrogen) atoms. The van der Waals surface area contributed by atoms with Gasteiger partial charge in [-0.25, -0.2) is 4.98 Å². The Morgan fingerprint density at radius 2 is 1.88 bits per heavy atom. The molecule has 0 saturated carbocycles. The number of aliphatic hydroxyl groups excluding tert-OH is 1. The van der Waals surface area contributed by atoms with Crippen LogP contribution in [0.2, 0.25) is 0 Å². The van der Waals surface area contributed by atoms with Gasteiger partial charge in [-0.15, -0.1) is 0 Å². The smallest absolute Gasteiger partial charge is 0.185 e. The molecule has 0 radical (unpaired) electrons. The van der Waals surface area contributed by atoms with Gasteiger partial charge in [-0.2, -0.15) is 0 Å². The molecule has 4 heterocycles. The molecule has 7 heteroatoms. The van der Waals surface area contributed by atoms with E-state index < -0.39 is 6.10 Å². The number of rotatable bonds is 5. The third-order valence-corrected chi connectivity index (χ3v) is 6.50. The van der Waals surface area contributed by atoms with Crippen LogP contribution in [0.15, 0.2) is 73.3 Å². The van der Waals surface area contributed by atoms with Gasteiger partial charge < -0.3 is 15.7 Å². The summed E-state index contributed by atoms with van der Waals surface area (Å²) in [5, 5.41) is 11.2. The number of hydrogen-bond donors (Lipinski definition) is 2. The van der Waals surface area contributed by atoms with Crippen LogP contribution in [0, 0.1) is 5.92 Å². The maximum atomic E-state index is 13.2. The molecule has 0 bridgehead atoms. The molecule has 3 N–H and O–H groups in total. The van der Waals surface area contributed by atoms with Crippen molar-refractivity contribution in [1.82, 2.24) is 15.0 Å². The first kappa shape index (κ1) is 22.1. The average Bonchev–Trinajstić information content (AvgIpc) is 2.87. The highest BCUT2D eigenvalue weighted by Crippen LogP contribution is 2.27. The second-order valence-electron chi connectivity index (χ2n) is 8.99. The molecule has 0 aliphatic carbocycles. The molecular formula is C27H27N5O2. The van der Waals surface area contributed by atoms with Gasteiger partial charge in [0.1, 0.15) is 5.69 Å². The first-order chi connectivity index (χ1) is 16.5. The number of carbonyl (C=O) groups is 1. The summed E-state index contributed by atoms with van der Waals surface area (Å²) in [6.45, 7) is 3.19. The number of hydrogen-bond acceptors (Lipinski definition) is 7. The molecule has 1 aliphatic rings. The number of ketones is 1. The highest BCUT2D eigenvalue weighted by atomic mass is 16.3. The van der Waals surface area contributed by atoms with Crippen LogP contribution in [-0.2, 0) is 6.42 Å². The van der Waals surface area contributed by atoms with Crippen LogP contribution in [0.4, 0.5) is 5.69 Å². The molecule has 172 valence electrons. The van der Waals surface area contributed by atoms with Gasteiger partial charge >= 0.3 is 0 Å². The number of pyridine rings is 3. The van der Waals surface area contributed by atoms with Crippen LogP contribution >= 0.6 is 0 Å². The fourth-order valence-corrected chi connectivity index (χ4v) is 4.62. The quantitative estimate of drug-likeness (QED) is 0.447. The van der Waals surface area contributed by atoms with E-state index in [1.54, 1.807) is 24.7 Å². The number of Topliss-reactive ketones (excluding diaryl/α,β-unsaturated/α-hetero) is 1. The monoisotopic (exact) mass is 453 g/mol. The van der Waals surface area contributed by atoms with Crippen LogP contribution in [-0.4, -0.2) is 51.1 Å². The van der Waals surface area contributed by atoms with Crippen molar-refractivity contribution in [3.8, 4) is 11.1 Å². The largest absolute Gasteiger partial charge is 0.391 e. The van der Waals surface area contributed by atoms with Crippen molar-refractivity contribution in [3.05, 3.63) is 84.6 Å². The van der Waals surface area contributed by atoms with E-state index in [1.165, 1.54) is 0 Å². The minimum absolute atomic E-state index is 0.0385. The van der Waals surface area contributed by atoms with Crippen LogP contribution < -0.4 is 10.6 Å². The van der Waals surface area contributed by atoms with Crippen molar-refractivity contribution in [2.45, 2.75) is 25.5 Å². The third-order valence-electron chi connectivity index (χ3n) is 6.50. The van der Waals surface area contributed by atoms with E-state index in [0.29, 0.717) is 18.8 Å². The Bertz CT molecular complexity index is 1320.